The van der Waals surface area contributed by atoms with Gasteiger partial charge in [0, 0.05) is 37.8 Å². The summed E-state index contributed by atoms with van der Waals surface area (Å²) in [4.78, 5) is 34.6. The van der Waals surface area contributed by atoms with Gasteiger partial charge in [0.05, 0.1) is 24.7 Å². The van der Waals surface area contributed by atoms with Crippen molar-refractivity contribution in [3.8, 4) is 17.0 Å². The number of rotatable bonds is 8. The molecule has 194 valence electrons. The van der Waals surface area contributed by atoms with E-state index in [2.05, 4.69) is 58.4 Å². The van der Waals surface area contributed by atoms with Crippen LogP contribution in [-0.4, -0.2) is 58.0 Å². The molecule has 0 bridgehead atoms. The topological polar surface area (TPSA) is 67.7 Å². The fourth-order valence-electron chi connectivity index (χ4n) is 4.95. The number of benzene rings is 3. The van der Waals surface area contributed by atoms with Crippen LogP contribution in [0.15, 0.2) is 102 Å². The fraction of sp³-hybridized carbons (Fsp3) is 0.258. The first-order valence-electron chi connectivity index (χ1n) is 13.0. The van der Waals surface area contributed by atoms with E-state index >= 15 is 0 Å². The van der Waals surface area contributed by atoms with Gasteiger partial charge in [-0.05, 0) is 42.3 Å². The van der Waals surface area contributed by atoms with Crippen molar-refractivity contribution in [3.63, 3.8) is 0 Å². The van der Waals surface area contributed by atoms with E-state index in [1.165, 1.54) is 28.1 Å². The summed E-state index contributed by atoms with van der Waals surface area (Å²) in [6.07, 6.45) is 1.46. The van der Waals surface area contributed by atoms with E-state index in [1.807, 2.05) is 48.2 Å². The third kappa shape index (κ3) is 5.84. The van der Waals surface area contributed by atoms with Gasteiger partial charge in [-0.3, -0.25) is 19.1 Å². The van der Waals surface area contributed by atoms with Crippen LogP contribution in [0.4, 0.5) is 0 Å². The number of aromatic nitrogens is 2. The van der Waals surface area contributed by atoms with Gasteiger partial charge in [0.25, 0.3) is 5.56 Å². The Morgan fingerprint density at radius 3 is 2.03 bits per heavy atom. The van der Waals surface area contributed by atoms with Gasteiger partial charge in [-0.15, -0.1) is 0 Å². The lowest BCUT2D eigenvalue weighted by Crippen LogP contribution is -2.51. The second-order valence-corrected chi connectivity index (χ2v) is 9.34. The number of nitrogens with zero attached hydrogens (tertiary/aromatic N) is 4. The molecule has 3 aromatic carbocycles. The van der Waals surface area contributed by atoms with Gasteiger partial charge in [0.15, 0.2) is 0 Å². The summed E-state index contributed by atoms with van der Waals surface area (Å²) in [5.41, 5.74) is 3.63. The Morgan fingerprint density at radius 1 is 0.868 bits per heavy atom. The van der Waals surface area contributed by atoms with Crippen LogP contribution < -0.4 is 10.3 Å². The maximum absolute atomic E-state index is 13.1. The fourth-order valence-corrected chi connectivity index (χ4v) is 4.95. The van der Waals surface area contributed by atoms with Gasteiger partial charge in [-0.2, -0.15) is 0 Å². The third-order valence-corrected chi connectivity index (χ3v) is 6.91. The van der Waals surface area contributed by atoms with Gasteiger partial charge in [-0.25, -0.2) is 4.98 Å². The van der Waals surface area contributed by atoms with E-state index in [0.29, 0.717) is 25.4 Å². The van der Waals surface area contributed by atoms with Crippen molar-refractivity contribution in [1.82, 2.24) is 19.4 Å². The van der Waals surface area contributed by atoms with Crippen LogP contribution in [0.3, 0.4) is 0 Å². The number of carbonyl (C=O) groups is 1. The molecule has 1 aliphatic heterocycles. The Morgan fingerprint density at radius 2 is 1.47 bits per heavy atom. The summed E-state index contributed by atoms with van der Waals surface area (Å²) in [6.45, 7) is 5.24. The second-order valence-electron chi connectivity index (χ2n) is 9.34. The first kappa shape index (κ1) is 25.4. The SMILES string of the molecule is CCOc1ccc(-c2cc(=O)n(CC(=O)N3CCN(C(c4ccccc4)c4ccccc4)CC3)cn2)cc1. The molecule has 7 heteroatoms. The molecule has 1 aliphatic rings. The van der Waals surface area contributed by atoms with Crippen LogP contribution >= 0.6 is 0 Å². The van der Waals surface area contributed by atoms with Crippen LogP contribution in [-0.2, 0) is 11.3 Å². The van der Waals surface area contributed by atoms with Crippen molar-refractivity contribution >= 4 is 5.91 Å². The maximum Gasteiger partial charge on any atom is 0.254 e. The molecule has 4 aromatic rings. The van der Waals surface area contributed by atoms with E-state index in [1.54, 1.807) is 0 Å². The number of amides is 1. The Balaban J connectivity index is 1.23. The average Bonchev–Trinajstić information content (AvgIpc) is 2.96. The standard InChI is InChI=1S/C31H32N4O3/c1-2-38-27-15-13-24(14-16-27)28-21-29(36)35(23-32-28)22-30(37)33-17-19-34(20-18-33)31(25-9-5-3-6-10-25)26-11-7-4-8-12-26/h3-16,21,23,31H,2,17-20,22H2,1H3. The zero-order valence-electron chi connectivity index (χ0n) is 21.6. The van der Waals surface area contributed by atoms with Crippen LogP contribution in [0.1, 0.15) is 24.1 Å². The summed E-state index contributed by atoms with van der Waals surface area (Å²) < 4.78 is 6.85. The monoisotopic (exact) mass is 508 g/mol. The molecule has 38 heavy (non-hydrogen) atoms. The van der Waals surface area contributed by atoms with E-state index in [4.69, 9.17) is 4.74 Å². The molecule has 7 nitrogen and oxygen atoms in total. The lowest BCUT2D eigenvalue weighted by molar-refractivity contribution is -0.133. The Kier molecular flexibility index (Phi) is 7.95. The smallest absolute Gasteiger partial charge is 0.254 e. The van der Waals surface area contributed by atoms with Gasteiger partial charge >= 0.3 is 0 Å². The minimum atomic E-state index is -0.246. The zero-order valence-corrected chi connectivity index (χ0v) is 21.6. The normalized spacial score (nSPS) is 14.0. The van der Waals surface area contributed by atoms with Crippen molar-refractivity contribution in [1.29, 1.82) is 0 Å². The van der Waals surface area contributed by atoms with Crippen molar-refractivity contribution < 1.29 is 9.53 Å². The highest BCUT2D eigenvalue weighted by molar-refractivity contribution is 5.76. The number of ether oxygens (including phenoxy) is 1. The summed E-state index contributed by atoms with van der Waals surface area (Å²) in [5, 5.41) is 0. The largest absolute Gasteiger partial charge is 0.494 e. The van der Waals surface area contributed by atoms with Crippen molar-refractivity contribution in [3.05, 3.63) is 119 Å². The maximum atomic E-state index is 13.1. The molecule has 1 amide bonds. The molecule has 0 spiro atoms. The highest BCUT2D eigenvalue weighted by Gasteiger charge is 2.28. The molecule has 0 aliphatic carbocycles. The third-order valence-electron chi connectivity index (χ3n) is 6.91. The predicted octanol–water partition coefficient (Wildman–Crippen LogP) is 4.24. The molecule has 0 atom stereocenters. The number of carbonyl (C=O) groups excluding carboxylic acids is 1. The van der Waals surface area contributed by atoms with E-state index < -0.39 is 0 Å². The van der Waals surface area contributed by atoms with E-state index in [-0.39, 0.29) is 24.1 Å². The van der Waals surface area contributed by atoms with Gasteiger partial charge in [-0.1, -0.05) is 60.7 Å². The van der Waals surface area contributed by atoms with Crippen molar-refractivity contribution in [2.75, 3.05) is 32.8 Å². The Labute approximate surface area is 222 Å². The highest BCUT2D eigenvalue weighted by Crippen LogP contribution is 2.29. The minimum absolute atomic E-state index is 0.0177. The molecule has 0 unspecified atom stereocenters. The van der Waals surface area contributed by atoms with Crippen LogP contribution in [0.2, 0.25) is 0 Å². The minimum Gasteiger partial charge on any atom is -0.494 e. The first-order valence-corrected chi connectivity index (χ1v) is 13.0. The molecular weight excluding hydrogens is 476 g/mol. The van der Waals surface area contributed by atoms with Gasteiger partial charge in [0.1, 0.15) is 12.3 Å². The second kappa shape index (κ2) is 11.9. The number of hydrogen-bond donors (Lipinski definition) is 0. The molecule has 0 saturated carbocycles. The van der Waals surface area contributed by atoms with Crippen molar-refractivity contribution in [2.45, 2.75) is 19.5 Å². The quantitative estimate of drug-likeness (QED) is 0.356. The number of piperazine rings is 1. The summed E-state index contributed by atoms with van der Waals surface area (Å²) in [6, 6.07) is 30.0. The first-order chi connectivity index (χ1) is 18.6. The summed E-state index contributed by atoms with van der Waals surface area (Å²) in [5.74, 6) is 0.701. The molecule has 5 rings (SSSR count). The molecule has 1 fully saturated rings. The molecule has 0 radical (unpaired) electrons. The molecule has 1 saturated heterocycles. The predicted molar refractivity (Wildman–Crippen MR) is 148 cm³/mol. The molecule has 0 N–H and O–H groups in total. The van der Waals surface area contributed by atoms with E-state index in [9.17, 15) is 9.59 Å². The van der Waals surface area contributed by atoms with Crippen LogP contribution in [0.25, 0.3) is 11.3 Å². The lowest BCUT2D eigenvalue weighted by atomic mass is 9.96. The van der Waals surface area contributed by atoms with Crippen LogP contribution in [0.5, 0.6) is 5.75 Å². The van der Waals surface area contributed by atoms with E-state index in [0.717, 1.165) is 24.4 Å². The average molecular weight is 509 g/mol. The number of hydrogen-bond acceptors (Lipinski definition) is 5. The molecule has 1 aromatic heterocycles. The summed E-state index contributed by atoms with van der Waals surface area (Å²) in [7, 11) is 0. The van der Waals surface area contributed by atoms with Crippen molar-refractivity contribution in [2.24, 2.45) is 0 Å². The van der Waals surface area contributed by atoms with Gasteiger partial charge in [0.2, 0.25) is 5.91 Å². The molecular formula is C31H32N4O3. The van der Waals surface area contributed by atoms with Crippen LogP contribution in [0, 0.1) is 0 Å². The Hall–Kier alpha value is -4.23. The summed E-state index contributed by atoms with van der Waals surface area (Å²) >= 11 is 0. The molecule has 2 heterocycles. The highest BCUT2D eigenvalue weighted by atomic mass is 16.5. The van der Waals surface area contributed by atoms with Gasteiger partial charge < -0.3 is 9.64 Å². The lowest BCUT2D eigenvalue weighted by Gasteiger charge is -2.39. The Bertz CT molecular complexity index is 1360. The zero-order chi connectivity index (χ0) is 26.3.